The number of aromatic nitrogens is 2. The van der Waals surface area contributed by atoms with E-state index in [-0.39, 0.29) is 35.3 Å². The first-order chi connectivity index (χ1) is 13.6. The minimum atomic E-state index is -0.152. The van der Waals surface area contributed by atoms with E-state index < -0.39 is 0 Å². The molecular formula is C19H18ClN5O4. The highest BCUT2D eigenvalue weighted by molar-refractivity contribution is 6.00. The SMILES string of the molecule is Cl.Nc1nc(N2CCN(C(=O)c3ccco3)CC2)nc2cc(C=O)c(C=O)cc12. The highest BCUT2D eigenvalue weighted by Crippen LogP contribution is 2.25. The van der Waals surface area contributed by atoms with Gasteiger partial charge in [-0.25, -0.2) is 4.98 Å². The molecule has 2 aromatic heterocycles. The first kappa shape index (κ1) is 20.3. The van der Waals surface area contributed by atoms with Crippen molar-refractivity contribution in [3.8, 4) is 0 Å². The van der Waals surface area contributed by atoms with Crippen molar-refractivity contribution in [1.82, 2.24) is 14.9 Å². The van der Waals surface area contributed by atoms with Crippen molar-refractivity contribution in [1.29, 1.82) is 0 Å². The van der Waals surface area contributed by atoms with E-state index in [1.807, 2.05) is 4.90 Å². The van der Waals surface area contributed by atoms with Gasteiger partial charge in [0.25, 0.3) is 5.91 Å². The summed E-state index contributed by atoms with van der Waals surface area (Å²) in [5.41, 5.74) is 7.05. The van der Waals surface area contributed by atoms with Crippen LogP contribution in [0, 0.1) is 0 Å². The van der Waals surface area contributed by atoms with Crippen molar-refractivity contribution in [2.24, 2.45) is 0 Å². The molecule has 10 heteroatoms. The number of nitrogens with two attached hydrogens (primary N) is 1. The number of carbonyl (C=O) groups excluding carboxylic acids is 3. The molecule has 0 spiro atoms. The molecule has 2 N–H and O–H groups in total. The van der Waals surface area contributed by atoms with Gasteiger partial charge in [-0.15, -0.1) is 12.4 Å². The lowest BCUT2D eigenvalue weighted by Gasteiger charge is -2.34. The normalized spacial score (nSPS) is 13.8. The zero-order valence-corrected chi connectivity index (χ0v) is 16.1. The number of hydrogen-bond acceptors (Lipinski definition) is 8. The number of furan rings is 1. The van der Waals surface area contributed by atoms with Crippen LogP contribution in [0.15, 0.2) is 34.9 Å². The molecule has 0 atom stereocenters. The second kappa shape index (κ2) is 8.27. The highest BCUT2D eigenvalue weighted by atomic mass is 35.5. The molecule has 4 rings (SSSR count). The van der Waals surface area contributed by atoms with Crippen molar-refractivity contribution in [2.45, 2.75) is 0 Å². The van der Waals surface area contributed by atoms with E-state index in [0.29, 0.717) is 61.4 Å². The number of anilines is 2. The summed E-state index contributed by atoms with van der Waals surface area (Å²) in [5, 5.41) is 0.517. The van der Waals surface area contributed by atoms with Gasteiger partial charge in [0.2, 0.25) is 5.95 Å². The molecule has 0 aliphatic carbocycles. The quantitative estimate of drug-likeness (QED) is 0.640. The van der Waals surface area contributed by atoms with Gasteiger partial charge in [0.1, 0.15) is 5.82 Å². The van der Waals surface area contributed by atoms with Gasteiger partial charge < -0.3 is 20.0 Å². The Bertz CT molecular complexity index is 1060. The topological polar surface area (TPSA) is 123 Å². The Morgan fingerprint density at radius 3 is 2.38 bits per heavy atom. The van der Waals surface area contributed by atoms with Gasteiger partial charge in [-0.1, -0.05) is 0 Å². The number of carbonyl (C=O) groups is 3. The van der Waals surface area contributed by atoms with Crippen LogP contribution in [0.4, 0.5) is 11.8 Å². The summed E-state index contributed by atoms with van der Waals surface area (Å²) in [4.78, 5) is 47.2. The van der Waals surface area contributed by atoms with Crippen molar-refractivity contribution in [3.63, 3.8) is 0 Å². The molecule has 0 unspecified atom stereocenters. The summed E-state index contributed by atoms with van der Waals surface area (Å²) in [6, 6.07) is 6.37. The highest BCUT2D eigenvalue weighted by Gasteiger charge is 2.25. The van der Waals surface area contributed by atoms with E-state index in [9.17, 15) is 14.4 Å². The van der Waals surface area contributed by atoms with Gasteiger partial charge >= 0.3 is 0 Å². The Kier molecular flexibility index (Phi) is 5.79. The molecule has 1 fully saturated rings. The summed E-state index contributed by atoms with van der Waals surface area (Å²) in [5.74, 6) is 0.813. The zero-order valence-electron chi connectivity index (χ0n) is 15.3. The Morgan fingerprint density at radius 2 is 1.76 bits per heavy atom. The average molecular weight is 416 g/mol. The third-order valence-corrected chi connectivity index (χ3v) is 4.75. The van der Waals surface area contributed by atoms with Gasteiger partial charge in [0, 0.05) is 42.7 Å². The van der Waals surface area contributed by atoms with Gasteiger partial charge in [0.15, 0.2) is 18.3 Å². The summed E-state index contributed by atoms with van der Waals surface area (Å²) >= 11 is 0. The maximum absolute atomic E-state index is 12.4. The fourth-order valence-corrected chi connectivity index (χ4v) is 3.23. The molecule has 150 valence electrons. The molecule has 1 aliphatic heterocycles. The molecule has 29 heavy (non-hydrogen) atoms. The first-order valence-electron chi connectivity index (χ1n) is 8.70. The Hall–Kier alpha value is -3.46. The Morgan fingerprint density at radius 1 is 1.07 bits per heavy atom. The maximum atomic E-state index is 12.4. The molecule has 1 amide bonds. The molecule has 9 nitrogen and oxygen atoms in total. The second-order valence-corrected chi connectivity index (χ2v) is 6.40. The second-order valence-electron chi connectivity index (χ2n) is 6.40. The number of halogens is 1. The molecule has 3 aromatic rings. The fraction of sp³-hybridized carbons (Fsp3) is 0.211. The van der Waals surface area contributed by atoms with Crippen LogP contribution in [0.3, 0.4) is 0 Å². The van der Waals surface area contributed by atoms with Crippen LogP contribution in [0.25, 0.3) is 10.9 Å². The van der Waals surface area contributed by atoms with Crippen LogP contribution in [0.2, 0.25) is 0 Å². The third-order valence-electron chi connectivity index (χ3n) is 4.75. The fourth-order valence-electron chi connectivity index (χ4n) is 3.23. The number of aldehydes is 2. The van der Waals surface area contributed by atoms with E-state index >= 15 is 0 Å². The predicted octanol–water partition coefficient (Wildman–Crippen LogP) is 1.81. The van der Waals surface area contributed by atoms with Crippen molar-refractivity contribution >= 4 is 53.6 Å². The number of fused-ring (bicyclic) bond motifs is 1. The number of nitrogens with zero attached hydrogens (tertiary/aromatic N) is 4. The largest absolute Gasteiger partial charge is 0.459 e. The van der Waals surface area contributed by atoms with Crippen molar-refractivity contribution in [2.75, 3.05) is 36.8 Å². The lowest BCUT2D eigenvalue weighted by Crippen LogP contribution is -2.49. The van der Waals surface area contributed by atoms with Crippen LogP contribution in [-0.2, 0) is 0 Å². The number of nitrogen functional groups attached to an aromatic ring is 1. The number of piperazine rings is 1. The maximum Gasteiger partial charge on any atom is 0.289 e. The third kappa shape index (κ3) is 3.77. The molecule has 3 heterocycles. The van der Waals surface area contributed by atoms with Crippen LogP contribution >= 0.6 is 12.4 Å². The monoisotopic (exact) mass is 415 g/mol. The van der Waals surface area contributed by atoms with Crippen LogP contribution < -0.4 is 10.6 Å². The number of amides is 1. The standard InChI is InChI=1S/C19H17N5O4.ClH/c20-17-14-8-12(10-25)13(11-26)9-15(14)21-19(22-17)24-5-3-23(4-6-24)18(27)16-2-1-7-28-16;/h1-2,7-11H,3-6H2,(H2,20,21,22);1H. The molecule has 0 radical (unpaired) electrons. The Balaban J connectivity index is 0.00000240. The average Bonchev–Trinajstić information content (AvgIpc) is 3.27. The van der Waals surface area contributed by atoms with Crippen LogP contribution in [0.1, 0.15) is 31.3 Å². The number of rotatable bonds is 4. The van der Waals surface area contributed by atoms with Gasteiger partial charge in [-0.2, -0.15) is 4.98 Å². The van der Waals surface area contributed by atoms with Crippen molar-refractivity contribution in [3.05, 3.63) is 47.4 Å². The number of benzene rings is 1. The van der Waals surface area contributed by atoms with Gasteiger partial charge in [0.05, 0.1) is 11.8 Å². The van der Waals surface area contributed by atoms with Crippen molar-refractivity contribution < 1.29 is 18.8 Å². The summed E-state index contributed by atoms with van der Waals surface area (Å²) in [6.07, 6.45) is 2.69. The molecule has 1 aliphatic rings. The summed E-state index contributed by atoms with van der Waals surface area (Å²) in [6.45, 7) is 2.05. The minimum Gasteiger partial charge on any atom is -0.459 e. The molecule has 0 bridgehead atoms. The summed E-state index contributed by atoms with van der Waals surface area (Å²) < 4.78 is 5.17. The summed E-state index contributed by atoms with van der Waals surface area (Å²) in [7, 11) is 0. The molecular weight excluding hydrogens is 398 g/mol. The smallest absolute Gasteiger partial charge is 0.289 e. The van der Waals surface area contributed by atoms with Crippen LogP contribution in [0.5, 0.6) is 0 Å². The van der Waals surface area contributed by atoms with E-state index in [1.165, 1.54) is 18.4 Å². The lowest BCUT2D eigenvalue weighted by molar-refractivity contribution is 0.0714. The zero-order chi connectivity index (χ0) is 19.7. The van der Waals surface area contributed by atoms with Gasteiger partial charge in [-0.05, 0) is 24.3 Å². The minimum absolute atomic E-state index is 0. The van der Waals surface area contributed by atoms with Gasteiger partial charge in [-0.3, -0.25) is 14.4 Å². The van der Waals surface area contributed by atoms with E-state index in [0.717, 1.165) is 0 Å². The Labute approximate surface area is 171 Å². The number of hydrogen-bond donors (Lipinski definition) is 1. The molecule has 1 saturated heterocycles. The van der Waals surface area contributed by atoms with E-state index in [4.69, 9.17) is 10.2 Å². The lowest BCUT2D eigenvalue weighted by atomic mass is 10.1. The van der Waals surface area contributed by atoms with E-state index in [1.54, 1.807) is 17.0 Å². The van der Waals surface area contributed by atoms with E-state index in [2.05, 4.69) is 9.97 Å². The first-order valence-corrected chi connectivity index (χ1v) is 8.70. The predicted molar refractivity (Wildman–Crippen MR) is 109 cm³/mol. The molecule has 1 aromatic carbocycles. The molecule has 0 saturated carbocycles. The van der Waals surface area contributed by atoms with Crippen LogP contribution in [-0.4, -0.2) is 59.5 Å².